The van der Waals surface area contributed by atoms with E-state index in [1.807, 2.05) is 0 Å². The van der Waals surface area contributed by atoms with Gasteiger partial charge in [-0.05, 0) is 127 Å². The molecule has 1 heterocycles. The van der Waals surface area contributed by atoms with Crippen molar-refractivity contribution in [2.75, 3.05) is 25.2 Å². The predicted octanol–water partition coefficient (Wildman–Crippen LogP) is 2.59. The van der Waals surface area contributed by atoms with Gasteiger partial charge in [-0.25, -0.2) is 0 Å². The number of primary amides is 1. The van der Waals surface area contributed by atoms with Gasteiger partial charge in [-0.1, -0.05) is 106 Å². The molecule has 0 radical (unpaired) electrons. The summed E-state index contributed by atoms with van der Waals surface area (Å²) in [4.78, 5) is 128. The van der Waals surface area contributed by atoms with Crippen LogP contribution in [0.1, 0.15) is 66.0 Å². The van der Waals surface area contributed by atoms with Crippen molar-refractivity contribution in [3.8, 4) is 17.2 Å². The molecule has 470 valence electrons. The topological polar surface area (TPSA) is 374 Å². The molecule has 9 atom stereocenters. The Morgan fingerprint density at radius 2 is 1.18 bits per heavy atom. The number of aliphatic hydroxyl groups is 1. The zero-order chi connectivity index (χ0) is 63.9. The van der Waals surface area contributed by atoms with Crippen LogP contribution in [0.25, 0.3) is 0 Å². The van der Waals surface area contributed by atoms with Gasteiger partial charge in [-0.15, -0.1) is 0 Å². The number of phenols is 2. The van der Waals surface area contributed by atoms with Crippen molar-refractivity contribution >= 4 is 86.1 Å². The first-order valence-corrected chi connectivity index (χ1v) is 31.5. The highest BCUT2D eigenvalue weighted by Gasteiger charge is 2.37. The standard InChI is InChI=1S/C63H76ClN9O13S2/c1-36(74)56-63(85)72-54(62(84)69-51(57(67)79)31-42-14-22-46(76)23-15-42)35-88-87-34-53(71-59(81)49(66)30-40-10-18-44(64)19-11-40)55(78)33-43(27-37-12-20-45(75)21-13-37)58(80)70-52(61(83)68-50(60(82)73-56)5-3-4-26-65)32-41-8-6-38(7-9-41)28-47(77)29-39-16-24-48(86-2)25-17-39/h6-25,36,43,49-54,56,74-76H,3-5,26-35,65-66H2,1-2H3,(H2,67,79)(H,68,83)(H,69,84)(H,70,80)(H,71,81)(H,72,85)(H,73,82)/t36-,43-,49+,50+,51-,52-,53-,54+,56+/m1/s1. The molecule has 1 aliphatic rings. The van der Waals surface area contributed by atoms with Crippen LogP contribution in [0.5, 0.6) is 17.2 Å². The molecule has 0 spiro atoms. The van der Waals surface area contributed by atoms with Crippen LogP contribution in [0.2, 0.25) is 5.02 Å². The van der Waals surface area contributed by atoms with Gasteiger partial charge in [0, 0.05) is 54.6 Å². The van der Waals surface area contributed by atoms with E-state index in [0.717, 1.165) is 27.2 Å². The molecular weight excluding hydrogens is 1190 g/mol. The largest absolute Gasteiger partial charge is 0.508 e. The molecule has 7 amide bonds. The summed E-state index contributed by atoms with van der Waals surface area (Å²) in [5, 5.41) is 47.6. The number of carbonyl (C=O) groups excluding carboxylic acids is 9. The number of hydrogen-bond acceptors (Lipinski definition) is 17. The SMILES string of the molecule is COc1ccc(CC(=O)Cc2ccc(C[C@H]3NC(=O)[C@H](Cc4ccc(O)cc4)CC(=O)[C@H](NC(=O)[C@@H](N)Cc4ccc(Cl)cc4)CSSC[C@@H](C(=O)N[C@H](Cc4ccc(O)cc4)C(N)=O)NC(=O)[C@H]([C@@H](C)O)NC(=O)[C@H](CCCCN)NC3=O)cc2)cc1. The Kier molecular flexibility index (Phi) is 27.1. The van der Waals surface area contributed by atoms with Crippen LogP contribution in [-0.2, 0) is 81.7 Å². The minimum atomic E-state index is -1.75. The van der Waals surface area contributed by atoms with Crippen LogP contribution >= 0.6 is 33.2 Å². The Balaban J connectivity index is 1.37. The highest BCUT2D eigenvalue weighted by Crippen LogP contribution is 2.26. The normalized spacial score (nSPS) is 20.1. The number of methoxy groups -OCH3 is 1. The first-order chi connectivity index (χ1) is 42.1. The van der Waals surface area contributed by atoms with E-state index in [-0.39, 0.29) is 80.3 Å². The summed E-state index contributed by atoms with van der Waals surface area (Å²) < 4.78 is 5.23. The van der Waals surface area contributed by atoms with Gasteiger partial charge in [0.1, 0.15) is 53.2 Å². The molecule has 1 saturated heterocycles. The summed E-state index contributed by atoms with van der Waals surface area (Å²) >= 11 is 6.11. The molecule has 22 nitrogen and oxygen atoms in total. The molecule has 0 aliphatic carbocycles. The van der Waals surface area contributed by atoms with Gasteiger partial charge in [-0.3, -0.25) is 43.2 Å². The average Bonchev–Trinajstić information content (AvgIpc) is 3.25. The molecule has 6 rings (SSSR count). The fraction of sp³-hybridized carbons (Fsp3) is 0.381. The predicted molar refractivity (Wildman–Crippen MR) is 336 cm³/mol. The highest BCUT2D eigenvalue weighted by molar-refractivity contribution is 8.76. The minimum absolute atomic E-state index is 0.0360. The van der Waals surface area contributed by atoms with Crippen LogP contribution < -0.4 is 53.8 Å². The lowest BCUT2D eigenvalue weighted by atomic mass is 9.90. The Hall–Kier alpha value is -8.00. The smallest absolute Gasteiger partial charge is 0.245 e. The molecule has 0 bridgehead atoms. The third-order valence-electron chi connectivity index (χ3n) is 14.6. The monoisotopic (exact) mass is 1270 g/mol. The Bertz CT molecular complexity index is 3180. The van der Waals surface area contributed by atoms with Crippen LogP contribution in [0.4, 0.5) is 0 Å². The van der Waals surface area contributed by atoms with Crippen molar-refractivity contribution in [2.45, 2.75) is 120 Å². The van der Waals surface area contributed by atoms with Crippen molar-refractivity contribution in [1.29, 1.82) is 0 Å². The molecule has 1 fully saturated rings. The van der Waals surface area contributed by atoms with Gasteiger partial charge in [0.25, 0.3) is 0 Å². The lowest BCUT2D eigenvalue weighted by Crippen LogP contribution is -2.62. The number of amides is 7. The lowest BCUT2D eigenvalue weighted by Gasteiger charge is -2.29. The van der Waals surface area contributed by atoms with Crippen LogP contribution in [0.15, 0.2) is 121 Å². The number of carbonyl (C=O) groups is 9. The van der Waals surface area contributed by atoms with Crippen LogP contribution in [0.3, 0.4) is 0 Å². The number of Topliss-reactive ketones (excluding diaryl/α,β-unsaturated/α-hetero) is 2. The number of benzene rings is 5. The number of aromatic hydroxyl groups is 2. The summed E-state index contributed by atoms with van der Waals surface area (Å²) in [5.41, 5.74) is 21.7. The maximum atomic E-state index is 15.0. The number of rotatable bonds is 23. The van der Waals surface area contributed by atoms with E-state index in [4.69, 9.17) is 33.5 Å². The highest BCUT2D eigenvalue weighted by atomic mass is 35.5. The number of ketones is 2. The summed E-state index contributed by atoms with van der Waals surface area (Å²) in [5.74, 6) is -8.05. The Morgan fingerprint density at radius 3 is 1.77 bits per heavy atom. The second kappa shape index (κ2) is 34.5. The van der Waals surface area contributed by atoms with Crippen molar-refractivity contribution < 1.29 is 63.2 Å². The molecule has 1 aliphatic heterocycles. The maximum Gasteiger partial charge on any atom is 0.245 e. The number of phenolic OH excluding ortho intramolecular Hbond substituents is 2. The quantitative estimate of drug-likeness (QED) is 0.0330. The molecule has 0 aromatic heterocycles. The van der Waals surface area contributed by atoms with Crippen molar-refractivity contribution in [2.24, 2.45) is 23.1 Å². The van der Waals surface area contributed by atoms with Crippen LogP contribution in [0, 0.1) is 5.92 Å². The first-order valence-electron chi connectivity index (χ1n) is 28.6. The van der Waals surface area contributed by atoms with Gasteiger partial charge in [0.2, 0.25) is 41.4 Å². The zero-order valence-electron chi connectivity index (χ0n) is 48.8. The number of nitrogens with two attached hydrogens (primary N) is 3. The maximum absolute atomic E-state index is 15.0. The second-order valence-corrected chi connectivity index (χ2v) is 24.6. The van der Waals surface area contributed by atoms with E-state index in [9.17, 15) is 53.7 Å². The third-order valence-corrected chi connectivity index (χ3v) is 17.2. The number of nitrogens with one attached hydrogen (secondary N) is 6. The average molecular weight is 1270 g/mol. The molecule has 15 N–H and O–H groups in total. The van der Waals surface area contributed by atoms with Gasteiger partial charge >= 0.3 is 0 Å². The molecule has 25 heteroatoms. The Labute approximate surface area is 523 Å². The molecule has 0 unspecified atom stereocenters. The van der Waals surface area contributed by atoms with E-state index < -0.39 is 108 Å². The van der Waals surface area contributed by atoms with Gasteiger partial charge in [-0.2, -0.15) is 0 Å². The molecule has 5 aromatic rings. The number of aliphatic hydroxyl groups excluding tert-OH is 1. The summed E-state index contributed by atoms with van der Waals surface area (Å²) in [6.45, 7) is 1.44. The molecule has 88 heavy (non-hydrogen) atoms. The number of unbranched alkanes of at least 4 members (excludes halogenated alkanes) is 1. The van der Waals surface area contributed by atoms with Crippen molar-refractivity contribution in [1.82, 2.24) is 31.9 Å². The fourth-order valence-electron chi connectivity index (χ4n) is 9.54. The van der Waals surface area contributed by atoms with Crippen molar-refractivity contribution in [3.63, 3.8) is 0 Å². The van der Waals surface area contributed by atoms with Gasteiger partial charge < -0.3 is 69.2 Å². The van der Waals surface area contributed by atoms with E-state index in [2.05, 4.69) is 31.9 Å². The zero-order valence-corrected chi connectivity index (χ0v) is 51.2. The van der Waals surface area contributed by atoms with Crippen molar-refractivity contribution in [3.05, 3.63) is 160 Å². The lowest BCUT2D eigenvalue weighted by molar-refractivity contribution is -0.137. The van der Waals surface area contributed by atoms with E-state index in [0.29, 0.717) is 51.4 Å². The van der Waals surface area contributed by atoms with E-state index >= 15 is 4.79 Å². The molecule has 5 aromatic carbocycles. The summed E-state index contributed by atoms with van der Waals surface area (Å²) in [6.07, 6.45) is -1.58. The van der Waals surface area contributed by atoms with Crippen LogP contribution in [-0.4, -0.2) is 142 Å². The van der Waals surface area contributed by atoms with E-state index in [1.165, 1.54) is 43.3 Å². The number of ether oxygens (including phenoxy) is 1. The molecule has 0 saturated carbocycles. The second-order valence-electron chi connectivity index (χ2n) is 21.6. The summed E-state index contributed by atoms with van der Waals surface area (Å²) in [7, 11) is 3.53. The van der Waals surface area contributed by atoms with E-state index in [1.54, 1.807) is 92.0 Å². The van der Waals surface area contributed by atoms with Gasteiger partial charge in [0.05, 0.1) is 25.3 Å². The molecular formula is C63H76ClN9O13S2. The summed E-state index contributed by atoms with van der Waals surface area (Å²) in [6, 6.07) is 22.4. The fourth-order valence-corrected chi connectivity index (χ4v) is 12.0. The minimum Gasteiger partial charge on any atom is -0.508 e. The Morgan fingerprint density at radius 1 is 0.659 bits per heavy atom. The van der Waals surface area contributed by atoms with Gasteiger partial charge in [0.15, 0.2) is 5.78 Å². The first kappa shape index (κ1) is 69.1. The number of hydrogen-bond donors (Lipinski definition) is 12. The third kappa shape index (κ3) is 22.3. The number of halogens is 1.